The first-order chi connectivity index (χ1) is 11.5. The lowest BCUT2D eigenvalue weighted by atomic mass is 10.0. The van der Waals surface area contributed by atoms with E-state index in [9.17, 15) is 20.5 Å². The quantitative estimate of drug-likeness (QED) is 0.387. The molecule has 24 heavy (non-hydrogen) atoms. The summed E-state index contributed by atoms with van der Waals surface area (Å²) in [5.41, 5.74) is 2.07. The van der Waals surface area contributed by atoms with Crippen LogP contribution in [0.4, 0.5) is 5.69 Å². The zero-order valence-corrected chi connectivity index (χ0v) is 13.3. The van der Waals surface area contributed by atoms with Crippen LogP contribution in [0.5, 0.6) is 11.5 Å². The lowest BCUT2D eigenvalue weighted by Crippen LogP contribution is -1.96. The zero-order chi connectivity index (χ0) is 17.7. The number of allylic oxidation sites excluding steroid dienone is 1. The molecule has 0 aromatic heterocycles. The van der Waals surface area contributed by atoms with Gasteiger partial charge in [0.25, 0.3) is 0 Å². The van der Waals surface area contributed by atoms with Crippen LogP contribution in [0.15, 0.2) is 36.4 Å². The van der Waals surface area contributed by atoms with Crippen molar-refractivity contribution in [3.63, 3.8) is 0 Å². The van der Waals surface area contributed by atoms with Gasteiger partial charge in [0, 0.05) is 6.07 Å². The fourth-order valence-corrected chi connectivity index (χ4v) is 2.18. The third kappa shape index (κ3) is 3.70. The molecule has 6 nitrogen and oxygen atoms in total. The Morgan fingerprint density at radius 2 is 2.04 bits per heavy atom. The van der Waals surface area contributed by atoms with Crippen molar-refractivity contribution in [2.75, 3.05) is 6.61 Å². The van der Waals surface area contributed by atoms with Crippen LogP contribution in [0, 0.1) is 28.4 Å². The lowest BCUT2D eigenvalue weighted by Gasteiger charge is -2.08. The van der Waals surface area contributed by atoms with E-state index in [-0.39, 0.29) is 12.4 Å². The number of ether oxygens (including phenoxy) is 1. The average Bonchev–Trinajstić information content (AvgIpc) is 2.56. The fourth-order valence-electron chi connectivity index (χ4n) is 2.18. The molecule has 2 aromatic carbocycles. The van der Waals surface area contributed by atoms with Gasteiger partial charge in [0.05, 0.1) is 23.2 Å². The van der Waals surface area contributed by atoms with Gasteiger partial charge >= 0.3 is 5.69 Å². The molecule has 122 valence electrons. The fraction of sp³-hybridized carbons (Fsp3) is 0.167. The molecule has 0 radical (unpaired) electrons. The minimum atomic E-state index is -0.687. The largest absolute Gasteiger partial charge is 0.500 e. The van der Waals surface area contributed by atoms with Crippen molar-refractivity contribution in [2.45, 2.75) is 13.8 Å². The first kappa shape index (κ1) is 17.0. The number of hydrogen-bond acceptors (Lipinski definition) is 5. The summed E-state index contributed by atoms with van der Waals surface area (Å²) in [5.74, 6) is -0.507. The molecular formula is C18H16N2O4. The predicted molar refractivity (Wildman–Crippen MR) is 90.6 cm³/mol. The van der Waals surface area contributed by atoms with Gasteiger partial charge in [0.15, 0.2) is 5.75 Å². The molecular weight excluding hydrogens is 308 g/mol. The number of aromatic hydroxyl groups is 1. The number of nitro benzene ring substituents is 1. The number of rotatable bonds is 5. The van der Waals surface area contributed by atoms with Gasteiger partial charge in [0.1, 0.15) is 0 Å². The number of nitrogens with zero attached hydrogens (tertiary/aromatic N) is 2. The summed E-state index contributed by atoms with van der Waals surface area (Å²) in [7, 11) is 0. The predicted octanol–water partition coefficient (Wildman–Crippen LogP) is 4.07. The number of benzene rings is 2. The van der Waals surface area contributed by atoms with E-state index in [0.717, 1.165) is 5.56 Å². The SMILES string of the molecule is CCOc1cc(/C=C(\C#N)c2ccc(C)cc2)cc([N+](=O)[O-])c1O. The topological polar surface area (TPSA) is 96.4 Å². The summed E-state index contributed by atoms with van der Waals surface area (Å²) < 4.78 is 5.24. The molecule has 2 rings (SSSR count). The Hall–Kier alpha value is -3.33. The van der Waals surface area contributed by atoms with E-state index in [1.807, 2.05) is 31.2 Å². The molecule has 6 heteroatoms. The second-order valence-electron chi connectivity index (χ2n) is 5.11. The van der Waals surface area contributed by atoms with Gasteiger partial charge in [-0.3, -0.25) is 10.1 Å². The summed E-state index contributed by atoms with van der Waals surface area (Å²) in [5, 5.41) is 30.4. The number of nitriles is 1. The monoisotopic (exact) mass is 324 g/mol. The van der Waals surface area contributed by atoms with Crippen molar-refractivity contribution in [2.24, 2.45) is 0 Å². The van der Waals surface area contributed by atoms with Crippen molar-refractivity contribution in [3.05, 3.63) is 63.2 Å². The lowest BCUT2D eigenvalue weighted by molar-refractivity contribution is -0.386. The molecule has 0 aliphatic rings. The number of phenolic OH excluding ortho intramolecular Hbond substituents is 1. The van der Waals surface area contributed by atoms with E-state index >= 15 is 0 Å². The zero-order valence-electron chi connectivity index (χ0n) is 13.3. The number of phenols is 1. The third-order valence-corrected chi connectivity index (χ3v) is 3.37. The van der Waals surface area contributed by atoms with Crippen molar-refractivity contribution in [3.8, 4) is 17.6 Å². The highest BCUT2D eigenvalue weighted by Crippen LogP contribution is 2.38. The highest BCUT2D eigenvalue weighted by atomic mass is 16.6. The van der Waals surface area contributed by atoms with Crippen molar-refractivity contribution >= 4 is 17.3 Å². The van der Waals surface area contributed by atoms with E-state index in [2.05, 4.69) is 6.07 Å². The summed E-state index contributed by atoms with van der Waals surface area (Å²) in [6.07, 6.45) is 1.53. The third-order valence-electron chi connectivity index (χ3n) is 3.37. The number of hydrogen-bond donors (Lipinski definition) is 1. The van der Waals surface area contributed by atoms with E-state index < -0.39 is 16.4 Å². The molecule has 0 unspecified atom stereocenters. The Bertz CT molecular complexity index is 833. The Labute approximate surface area is 139 Å². The molecule has 0 aliphatic heterocycles. The average molecular weight is 324 g/mol. The maximum atomic E-state index is 11.1. The van der Waals surface area contributed by atoms with E-state index in [4.69, 9.17) is 4.74 Å². The van der Waals surface area contributed by atoms with Crippen LogP contribution in [-0.4, -0.2) is 16.6 Å². The molecule has 0 heterocycles. The van der Waals surface area contributed by atoms with Crippen LogP contribution >= 0.6 is 0 Å². The second kappa shape index (κ2) is 7.29. The molecule has 0 saturated heterocycles. The van der Waals surface area contributed by atoms with Gasteiger partial charge in [-0.2, -0.15) is 5.26 Å². The van der Waals surface area contributed by atoms with E-state index in [1.165, 1.54) is 18.2 Å². The summed E-state index contributed by atoms with van der Waals surface area (Å²) in [6.45, 7) is 3.90. The van der Waals surface area contributed by atoms with Crippen molar-refractivity contribution in [1.82, 2.24) is 0 Å². The van der Waals surface area contributed by atoms with Gasteiger partial charge < -0.3 is 9.84 Å². The van der Waals surface area contributed by atoms with Crippen LogP contribution in [0.25, 0.3) is 11.6 Å². The first-order valence-electron chi connectivity index (χ1n) is 7.29. The standard InChI is InChI=1S/C18H16N2O4/c1-3-24-17-10-13(9-16(18(17)21)20(22)23)8-15(11-19)14-6-4-12(2)5-7-14/h4-10,21H,3H2,1-2H3/b15-8+. The molecule has 0 bridgehead atoms. The molecule has 0 spiro atoms. The summed E-state index contributed by atoms with van der Waals surface area (Å²) in [6, 6.07) is 12.1. The van der Waals surface area contributed by atoms with Crippen LogP contribution in [-0.2, 0) is 0 Å². The summed E-state index contributed by atoms with van der Waals surface area (Å²) >= 11 is 0. The van der Waals surface area contributed by atoms with Crippen LogP contribution < -0.4 is 4.74 Å². The van der Waals surface area contributed by atoms with Crippen molar-refractivity contribution in [1.29, 1.82) is 5.26 Å². The Morgan fingerprint density at radius 1 is 1.38 bits per heavy atom. The van der Waals surface area contributed by atoms with Crippen LogP contribution in [0.2, 0.25) is 0 Å². The molecule has 0 saturated carbocycles. The molecule has 1 N–H and O–H groups in total. The van der Waals surface area contributed by atoms with Crippen molar-refractivity contribution < 1.29 is 14.8 Å². The first-order valence-corrected chi connectivity index (χ1v) is 7.29. The highest BCUT2D eigenvalue weighted by Gasteiger charge is 2.20. The Kier molecular flexibility index (Phi) is 5.17. The number of nitro groups is 1. The van der Waals surface area contributed by atoms with Gasteiger partial charge in [-0.25, -0.2) is 0 Å². The molecule has 0 atom stereocenters. The van der Waals surface area contributed by atoms with Gasteiger partial charge in [-0.1, -0.05) is 29.8 Å². The smallest absolute Gasteiger partial charge is 0.315 e. The Balaban J connectivity index is 2.55. The van der Waals surface area contributed by atoms with E-state index in [1.54, 1.807) is 6.92 Å². The van der Waals surface area contributed by atoms with Crippen LogP contribution in [0.1, 0.15) is 23.6 Å². The molecule has 0 fully saturated rings. The molecule has 2 aromatic rings. The van der Waals surface area contributed by atoms with Gasteiger partial charge in [0.2, 0.25) is 5.75 Å². The van der Waals surface area contributed by atoms with Gasteiger partial charge in [-0.15, -0.1) is 0 Å². The summed E-state index contributed by atoms with van der Waals surface area (Å²) in [4.78, 5) is 10.4. The van der Waals surface area contributed by atoms with Crippen LogP contribution in [0.3, 0.4) is 0 Å². The second-order valence-corrected chi connectivity index (χ2v) is 5.11. The molecule has 0 aliphatic carbocycles. The maximum absolute atomic E-state index is 11.1. The van der Waals surface area contributed by atoms with Gasteiger partial charge in [-0.05, 0) is 37.1 Å². The highest BCUT2D eigenvalue weighted by molar-refractivity contribution is 5.90. The van der Waals surface area contributed by atoms with E-state index in [0.29, 0.717) is 16.7 Å². The normalized spacial score (nSPS) is 11.0. The minimum Gasteiger partial charge on any atom is -0.500 e. The maximum Gasteiger partial charge on any atom is 0.315 e. The number of aryl methyl sites for hydroxylation is 1. The molecule has 0 amide bonds. The Morgan fingerprint density at radius 3 is 2.58 bits per heavy atom. The minimum absolute atomic E-state index is 0.0131.